The van der Waals surface area contributed by atoms with Gasteiger partial charge in [0.25, 0.3) is 0 Å². The number of nitrogens with one attached hydrogen (secondary N) is 1. The molecule has 0 atom stereocenters. The Kier molecular flexibility index (Phi) is 9.28. The zero-order chi connectivity index (χ0) is 14.0. The van der Waals surface area contributed by atoms with Crippen LogP contribution in [0.4, 0.5) is 0 Å². The second kappa shape index (κ2) is 9.50. The molecule has 0 bridgehead atoms. The van der Waals surface area contributed by atoms with Crippen LogP contribution in [0.1, 0.15) is 20.3 Å². The van der Waals surface area contributed by atoms with Crippen molar-refractivity contribution in [3.05, 3.63) is 0 Å². The van der Waals surface area contributed by atoms with Gasteiger partial charge >= 0.3 is 7.60 Å². The Balaban J connectivity index is 3.99. The van der Waals surface area contributed by atoms with Crippen LogP contribution in [-0.4, -0.2) is 57.4 Å². The lowest BCUT2D eigenvalue weighted by molar-refractivity contribution is -0.118. The quantitative estimate of drug-likeness (QED) is 0.483. The van der Waals surface area contributed by atoms with Crippen LogP contribution in [0, 0.1) is 0 Å². The molecule has 0 fully saturated rings. The first kappa shape index (κ1) is 17.6. The molecular formula is C11H25N2O4P. The molecule has 0 aromatic rings. The smallest absolute Gasteiger partial charge is 0.340 e. The van der Waals surface area contributed by atoms with Gasteiger partial charge in [-0.1, -0.05) is 0 Å². The average molecular weight is 280 g/mol. The number of hydrogen-bond donors (Lipinski definition) is 1. The first-order valence-electron chi connectivity index (χ1n) is 6.23. The molecule has 0 rings (SSSR count). The van der Waals surface area contributed by atoms with E-state index < -0.39 is 7.60 Å². The van der Waals surface area contributed by atoms with E-state index in [4.69, 9.17) is 9.05 Å². The minimum absolute atomic E-state index is 0.212. The summed E-state index contributed by atoms with van der Waals surface area (Å²) in [4.78, 5) is 13.6. The number of carbonyl (C=O) groups excluding carboxylic acids is 1. The highest BCUT2D eigenvalue weighted by Gasteiger charge is 2.27. The van der Waals surface area contributed by atoms with Gasteiger partial charge in [0.05, 0.1) is 13.2 Å². The highest BCUT2D eigenvalue weighted by molar-refractivity contribution is 7.54. The van der Waals surface area contributed by atoms with E-state index in [9.17, 15) is 9.36 Å². The van der Waals surface area contributed by atoms with Crippen molar-refractivity contribution in [3.63, 3.8) is 0 Å². The van der Waals surface area contributed by atoms with Crippen LogP contribution in [0.2, 0.25) is 0 Å². The second-order valence-electron chi connectivity index (χ2n) is 4.11. The van der Waals surface area contributed by atoms with E-state index in [1.807, 2.05) is 19.0 Å². The summed E-state index contributed by atoms with van der Waals surface area (Å²) in [6.07, 6.45) is 0.642. The largest absolute Gasteiger partial charge is 0.355 e. The molecule has 0 unspecified atom stereocenters. The summed E-state index contributed by atoms with van der Waals surface area (Å²) < 4.78 is 22.1. The highest BCUT2D eigenvalue weighted by Crippen LogP contribution is 2.47. The summed E-state index contributed by atoms with van der Waals surface area (Å²) in [5.41, 5.74) is 0. The van der Waals surface area contributed by atoms with Crippen molar-refractivity contribution in [2.24, 2.45) is 0 Å². The number of nitrogens with zero attached hydrogens (tertiary/aromatic N) is 1. The van der Waals surface area contributed by atoms with E-state index in [0.717, 1.165) is 13.0 Å². The summed E-state index contributed by atoms with van der Waals surface area (Å²) in [6.45, 7) is 5.45. The minimum atomic E-state index is -3.27. The number of amides is 1. The Morgan fingerprint density at radius 2 is 1.78 bits per heavy atom. The van der Waals surface area contributed by atoms with Gasteiger partial charge in [0.15, 0.2) is 0 Å². The van der Waals surface area contributed by atoms with Crippen LogP contribution in [-0.2, 0) is 18.4 Å². The maximum atomic E-state index is 12.1. The fraction of sp³-hybridized carbons (Fsp3) is 0.909. The van der Waals surface area contributed by atoms with Crippen molar-refractivity contribution in [2.45, 2.75) is 20.3 Å². The molecule has 0 aromatic heterocycles. The molecule has 0 aliphatic rings. The van der Waals surface area contributed by atoms with Crippen molar-refractivity contribution in [2.75, 3.05) is 46.6 Å². The molecule has 0 spiro atoms. The molecule has 7 heteroatoms. The summed E-state index contributed by atoms with van der Waals surface area (Å²) >= 11 is 0. The highest BCUT2D eigenvalue weighted by atomic mass is 31.2. The molecule has 0 aliphatic carbocycles. The van der Waals surface area contributed by atoms with E-state index in [-0.39, 0.29) is 25.3 Å². The summed E-state index contributed by atoms with van der Waals surface area (Å²) in [7, 11) is 0.679. The van der Waals surface area contributed by atoms with Gasteiger partial charge in [-0.2, -0.15) is 0 Å². The predicted octanol–water partition coefficient (Wildman–Crippen LogP) is 1.32. The summed E-state index contributed by atoms with van der Waals surface area (Å²) in [5, 5.41) is 2.71. The van der Waals surface area contributed by atoms with Gasteiger partial charge in [0, 0.05) is 6.54 Å². The normalized spacial score (nSPS) is 11.8. The van der Waals surface area contributed by atoms with Crippen molar-refractivity contribution in [1.29, 1.82) is 0 Å². The van der Waals surface area contributed by atoms with Crippen LogP contribution in [0.5, 0.6) is 0 Å². The van der Waals surface area contributed by atoms with Crippen LogP contribution < -0.4 is 5.32 Å². The zero-order valence-corrected chi connectivity index (χ0v) is 12.7. The van der Waals surface area contributed by atoms with Crippen LogP contribution >= 0.6 is 7.60 Å². The third kappa shape index (κ3) is 8.64. The fourth-order valence-electron chi connectivity index (χ4n) is 1.38. The van der Waals surface area contributed by atoms with E-state index in [1.54, 1.807) is 13.8 Å². The third-order valence-electron chi connectivity index (χ3n) is 2.09. The van der Waals surface area contributed by atoms with Crippen molar-refractivity contribution < 1.29 is 18.4 Å². The monoisotopic (exact) mass is 280 g/mol. The number of carbonyl (C=O) groups is 1. The molecular weight excluding hydrogens is 255 g/mol. The van der Waals surface area contributed by atoms with E-state index in [1.165, 1.54) is 0 Å². The second-order valence-corrected chi connectivity index (χ2v) is 6.17. The first-order valence-corrected chi connectivity index (χ1v) is 7.96. The Bertz CT molecular complexity index is 274. The van der Waals surface area contributed by atoms with E-state index in [2.05, 4.69) is 5.32 Å². The lowest BCUT2D eigenvalue weighted by atomic mass is 10.4. The van der Waals surface area contributed by atoms with Crippen LogP contribution in [0.25, 0.3) is 0 Å². The Morgan fingerprint density at radius 1 is 1.22 bits per heavy atom. The molecule has 0 aromatic carbocycles. The molecule has 1 amide bonds. The van der Waals surface area contributed by atoms with Gasteiger partial charge < -0.3 is 19.3 Å². The lowest BCUT2D eigenvalue weighted by Gasteiger charge is -2.16. The van der Waals surface area contributed by atoms with Crippen molar-refractivity contribution in [1.82, 2.24) is 10.2 Å². The Labute approximate surface area is 110 Å². The molecule has 1 N–H and O–H groups in total. The maximum absolute atomic E-state index is 12.1. The molecule has 6 nitrogen and oxygen atoms in total. The van der Waals surface area contributed by atoms with Crippen LogP contribution in [0.3, 0.4) is 0 Å². The van der Waals surface area contributed by atoms with Gasteiger partial charge in [-0.15, -0.1) is 0 Å². The van der Waals surface area contributed by atoms with Crippen molar-refractivity contribution in [3.8, 4) is 0 Å². The fourth-order valence-corrected chi connectivity index (χ4v) is 2.88. The lowest BCUT2D eigenvalue weighted by Crippen LogP contribution is -2.29. The average Bonchev–Trinajstić information content (AvgIpc) is 2.24. The zero-order valence-electron chi connectivity index (χ0n) is 11.8. The molecule has 108 valence electrons. The number of hydrogen-bond acceptors (Lipinski definition) is 5. The molecule has 0 heterocycles. The Hall–Kier alpha value is -0.420. The molecule has 0 aliphatic heterocycles. The molecule has 0 saturated carbocycles. The third-order valence-corrected chi connectivity index (χ3v) is 4.07. The van der Waals surface area contributed by atoms with Gasteiger partial charge in [0.2, 0.25) is 5.91 Å². The summed E-state index contributed by atoms with van der Waals surface area (Å²) in [6, 6.07) is 0. The maximum Gasteiger partial charge on any atom is 0.340 e. The minimum Gasteiger partial charge on any atom is -0.355 e. The molecule has 0 radical (unpaired) electrons. The number of rotatable bonds is 10. The van der Waals surface area contributed by atoms with Gasteiger partial charge in [0.1, 0.15) is 6.16 Å². The molecule has 0 saturated heterocycles. The standard InChI is InChI=1S/C11H25N2O4P/c1-5-16-18(15,17-6-2)10-11(14)12-8-7-9-13(3)4/h5-10H2,1-4H3,(H,12,14). The summed E-state index contributed by atoms with van der Waals surface area (Å²) in [5.74, 6) is -0.293. The SMILES string of the molecule is CCOP(=O)(CC(=O)NCCCN(C)C)OCC. The van der Waals surface area contributed by atoms with E-state index >= 15 is 0 Å². The van der Waals surface area contributed by atoms with Gasteiger partial charge in [-0.25, -0.2) is 0 Å². The first-order chi connectivity index (χ1) is 8.43. The Morgan fingerprint density at radius 3 is 2.22 bits per heavy atom. The van der Waals surface area contributed by atoms with Crippen LogP contribution in [0.15, 0.2) is 0 Å². The predicted molar refractivity (Wildman–Crippen MR) is 71.9 cm³/mol. The van der Waals surface area contributed by atoms with E-state index in [0.29, 0.717) is 6.54 Å². The molecule has 18 heavy (non-hydrogen) atoms. The van der Waals surface area contributed by atoms with Crippen molar-refractivity contribution >= 4 is 13.5 Å². The van der Waals surface area contributed by atoms with Gasteiger partial charge in [-0.3, -0.25) is 9.36 Å². The van der Waals surface area contributed by atoms with Gasteiger partial charge in [-0.05, 0) is 40.9 Å². The topological polar surface area (TPSA) is 67.9 Å².